The Bertz CT molecular complexity index is 748. The average Bonchev–Trinajstić information content (AvgIpc) is 2.61. The monoisotopic (exact) mass is 361 g/mol. The van der Waals surface area contributed by atoms with Crippen molar-refractivity contribution >= 4 is 23.5 Å². The van der Waals surface area contributed by atoms with E-state index in [1.54, 1.807) is 31.4 Å². The number of methoxy groups -OCH3 is 1. The van der Waals surface area contributed by atoms with Crippen molar-refractivity contribution in [1.29, 1.82) is 0 Å². The summed E-state index contributed by atoms with van der Waals surface area (Å²) in [7, 11) is 1.57. The van der Waals surface area contributed by atoms with Crippen LogP contribution in [0.2, 0.25) is 5.02 Å². The normalized spacial score (nSPS) is 11.5. The summed E-state index contributed by atoms with van der Waals surface area (Å²) in [5.74, 6) is -0.197. The van der Waals surface area contributed by atoms with E-state index in [0.29, 0.717) is 16.3 Å². The van der Waals surface area contributed by atoms with E-state index in [2.05, 4.69) is 5.32 Å². The number of carbonyl (C=O) groups excluding carboxylic acids is 2. The maximum atomic E-state index is 12.1. The second kappa shape index (κ2) is 9.08. The molecular weight excluding hydrogens is 342 g/mol. The van der Waals surface area contributed by atoms with Gasteiger partial charge in [-0.05, 0) is 24.6 Å². The van der Waals surface area contributed by atoms with E-state index in [-0.39, 0.29) is 18.9 Å². The number of rotatable bonds is 7. The molecule has 1 amide bonds. The topological polar surface area (TPSA) is 64.6 Å². The molecule has 1 N–H and O–H groups in total. The molecule has 0 radical (unpaired) electrons. The van der Waals surface area contributed by atoms with Gasteiger partial charge in [-0.3, -0.25) is 9.59 Å². The number of halogens is 1. The first-order valence-electron chi connectivity index (χ1n) is 7.83. The van der Waals surface area contributed by atoms with Crippen LogP contribution in [0.15, 0.2) is 48.5 Å². The molecule has 5 nitrogen and oxygen atoms in total. The molecule has 1 atom stereocenters. The van der Waals surface area contributed by atoms with Gasteiger partial charge in [0.1, 0.15) is 5.75 Å². The molecule has 132 valence electrons. The number of carbonyl (C=O) groups is 2. The Morgan fingerprint density at radius 2 is 1.72 bits per heavy atom. The number of amides is 1. The van der Waals surface area contributed by atoms with Crippen LogP contribution in [0.5, 0.6) is 5.75 Å². The molecular formula is C19H20ClNO4. The fourth-order valence-electron chi connectivity index (χ4n) is 2.26. The van der Waals surface area contributed by atoms with Crippen LogP contribution in [0.3, 0.4) is 0 Å². The molecule has 0 aromatic heterocycles. The Morgan fingerprint density at radius 1 is 1.08 bits per heavy atom. The molecule has 0 fully saturated rings. The summed E-state index contributed by atoms with van der Waals surface area (Å²) in [4.78, 5) is 24.1. The van der Waals surface area contributed by atoms with Crippen molar-refractivity contribution in [2.75, 3.05) is 7.11 Å². The van der Waals surface area contributed by atoms with Crippen LogP contribution in [0.1, 0.15) is 18.1 Å². The lowest BCUT2D eigenvalue weighted by Gasteiger charge is -2.15. The molecule has 0 heterocycles. The average molecular weight is 362 g/mol. The highest BCUT2D eigenvalue weighted by Crippen LogP contribution is 2.17. The minimum absolute atomic E-state index is 0.0177. The van der Waals surface area contributed by atoms with Gasteiger partial charge in [-0.15, -0.1) is 0 Å². The van der Waals surface area contributed by atoms with Crippen molar-refractivity contribution in [3.8, 4) is 5.75 Å². The summed E-state index contributed by atoms with van der Waals surface area (Å²) in [6, 6.07) is 14.4. The van der Waals surface area contributed by atoms with Crippen LogP contribution >= 0.6 is 11.6 Å². The summed E-state index contributed by atoms with van der Waals surface area (Å²) < 4.78 is 10.4. The second-order valence-electron chi connectivity index (χ2n) is 5.43. The van der Waals surface area contributed by atoms with Crippen molar-refractivity contribution < 1.29 is 19.1 Å². The highest BCUT2D eigenvalue weighted by molar-refractivity contribution is 6.31. The quantitative estimate of drug-likeness (QED) is 0.769. The largest absolute Gasteiger partial charge is 0.496 e. The smallest absolute Gasteiger partial charge is 0.311 e. The molecule has 25 heavy (non-hydrogen) atoms. The highest BCUT2D eigenvalue weighted by atomic mass is 35.5. The van der Waals surface area contributed by atoms with E-state index >= 15 is 0 Å². The molecule has 2 rings (SSSR count). The zero-order valence-electron chi connectivity index (χ0n) is 14.1. The lowest BCUT2D eigenvalue weighted by Crippen LogP contribution is -2.35. The minimum Gasteiger partial charge on any atom is -0.496 e. The molecule has 0 bridgehead atoms. The van der Waals surface area contributed by atoms with Gasteiger partial charge >= 0.3 is 5.97 Å². The fraction of sp³-hybridized carbons (Fsp3) is 0.263. The van der Waals surface area contributed by atoms with Crippen LogP contribution in [0.4, 0.5) is 0 Å². The molecule has 0 spiro atoms. The Balaban J connectivity index is 1.85. The number of esters is 1. The zero-order valence-corrected chi connectivity index (χ0v) is 14.9. The van der Waals surface area contributed by atoms with Crippen molar-refractivity contribution in [2.45, 2.75) is 26.0 Å². The fourth-order valence-corrected chi connectivity index (χ4v) is 2.47. The van der Waals surface area contributed by atoms with Gasteiger partial charge in [0, 0.05) is 17.1 Å². The van der Waals surface area contributed by atoms with Gasteiger partial charge in [-0.1, -0.05) is 48.0 Å². The number of benzene rings is 2. The summed E-state index contributed by atoms with van der Waals surface area (Å²) in [5.41, 5.74) is 1.50. The Hall–Kier alpha value is -2.53. The van der Waals surface area contributed by atoms with Crippen molar-refractivity contribution in [2.24, 2.45) is 0 Å². The molecule has 6 heteroatoms. The molecule has 2 aromatic rings. The lowest BCUT2D eigenvalue weighted by molar-refractivity contribution is -0.154. The van der Waals surface area contributed by atoms with Gasteiger partial charge in [0.15, 0.2) is 6.10 Å². The molecule has 2 aromatic carbocycles. The predicted molar refractivity (Wildman–Crippen MR) is 95.6 cm³/mol. The summed E-state index contributed by atoms with van der Waals surface area (Å²) in [6.07, 6.45) is -0.881. The Kier molecular flexibility index (Phi) is 6.83. The molecule has 0 unspecified atom stereocenters. The van der Waals surface area contributed by atoms with E-state index in [1.165, 1.54) is 6.92 Å². The van der Waals surface area contributed by atoms with E-state index in [4.69, 9.17) is 21.1 Å². The molecule has 0 aliphatic carbocycles. The minimum atomic E-state index is -0.898. The third kappa shape index (κ3) is 5.50. The first-order chi connectivity index (χ1) is 12.0. The van der Waals surface area contributed by atoms with Gasteiger partial charge in [0.05, 0.1) is 13.5 Å². The third-order valence-electron chi connectivity index (χ3n) is 3.62. The molecule has 0 saturated heterocycles. The number of para-hydroxylation sites is 1. The van der Waals surface area contributed by atoms with Gasteiger partial charge < -0.3 is 14.8 Å². The number of hydrogen-bond acceptors (Lipinski definition) is 4. The Labute approximate surface area is 151 Å². The second-order valence-corrected chi connectivity index (χ2v) is 5.84. The molecule has 0 saturated carbocycles. The lowest BCUT2D eigenvalue weighted by atomic mass is 10.1. The SMILES string of the molecule is COc1ccccc1CNC(=O)[C@H](C)OC(=O)Cc1ccccc1Cl. The van der Waals surface area contributed by atoms with Crippen molar-refractivity contribution in [3.05, 3.63) is 64.7 Å². The third-order valence-corrected chi connectivity index (χ3v) is 3.98. The Morgan fingerprint density at radius 3 is 2.40 bits per heavy atom. The van der Waals surface area contributed by atoms with E-state index < -0.39 is 12.1 Å². The maximum Gasteiger partial charge on any atom is 0.311 e. The van der Waals surface area contributed by atoms with Crippen LogP contribution in [0.25, 0.3) is 0 Å². The van der Waals surface area contributed by atoms with E-state index in [0.717, 1.165) is 5.56 Å². The standard InChI is InChI=1S/C19H20ClNO4/c1-13(25-18(22)11-14-7-3-5-9-16(14)20)19(23)21-12-15-8-4-6-10-17(15)24-2/h3-10,13H,11-12H2,1-2H3,(H,21,23)/t13-/m0/s1. The van der Waals surface area contributed by atoms with Crippen molar-refractivity contribution in [3.63, 3.8) is 0 Å². The van der Waals surface area contributed by atoms with E-state index in [1.807, 2.05) is 24.3 Å². The summed E-state index contributed by atoms with van der Waals surface area (Å²) >= 11 is 6.01. The predicted octanol–water partition coefficient (Wildman–Crippen LogP) is 3.14. The number of nitrogens with one attached hydrogen (secondary N) is 1. The highest BCUT2D eigenvalue weighted by Gasteiger charge is 2.18. The van der Waals surface area contributed by atoms with Crippen LogP contribution < -0.4 is 10.1 Å². The molecule has 0 aliphatic heterocycles. The summed E-state index contributed by atoms with van der Waals surface area (Å²) in [6.45, 7) is 1.82. The first-order valence-corrected chi connectivity index (χ1v) is 8.21. The van der Waals surface area contributed by atoms with Gasteiger partial charge in [-0.2, -0.15) is 0 Å². The van der Waals surface area contributed by atoms with Gasteiger partial charge in [0.2, 0.25) is 0 Å². The van der Waals surface area contributed by atoms with Crippen molar-refractivity contribution in [1.82, 2.24) is 5.32 Å². The number of ether oxygens (including phenoxy) is 2. The number of hydrogen-bond donors (Lipinski definition) is 1. The van der Waals surface area contributed by atoms with Crippen LogP contribution in [-0.4, -0.2) is 25.1 Å². The maximum absolute atomic E-state index is 12.1. The summed E-state index contributed by atoms with van der Waals surface area (Å²) in [5, 5.41) is 3.23. The first kappa shape index (κ1) is 18.8. The van der Waals surface area contributed by atoms with Crippen LogP contribution in [0, 0.1) is 0 Å². The van der Waals surface area contributed by atoms with E-state index in [9.17, 15) is 9.59 Å². The van der Waals surface area contributed by atoms with Gasteiger partial charge in [0.25, 0.3) is 5.91 Å². The molecule has 0 aliphatic rings. The van der Waals surface area contributed by atoms with Crippen LogP contribution in [-0.2, 0) is 27.3 Å². The zero-order chi connectivity index (χ0) is 18.2. The van der Waals surface area contributed by atoms with Gasteiger partial charge in [-0.25, -0.2) is 0 Å².